The first kappa shape index (κ1) is 15.0. The number of nitrogens with zero attached hydrogens (tertiary/aromatic N) is 1. The van der Waals surface area contributed by atoms with E-state index < -0.39 is 0 Å². The van der Waals surface area contributed by atoms with Gasteiger partial charge in [-0.15, -0.1) is 11.8 Å². The summed E-state index contributed by atoms with van der Waals surface area (Å²) in [5.41, 5.74) is 4.27. The molecule has 7 heteroatoms. The number of nitrogens with one attached hydrogen (secondary N) is 1. The van der Waals surface area contributed by atoms with Crippen molar-refractivity contribution in [2.24, 2.45) is 0 Å². The van der Waals surface area contributed by atoms with E-state index in [2.05, 4.69) is 10.6 Å². The lowest BCUT2D eigenvalue weighted by molar-refractivity contribution is -0.131. The summed E-state index contributed by atoms with van der Waals surface area (Å²) in [6, 6.07) is 0. The number of hydrogen-bond acceptors (Lipinski definition) is 6. The molecule has 0 unspecified atom stereocenters. The predicted molar refractivity (Wildman–Crippen MR) is 68.1 cm³/mol. The number of amides is 1. The molecule has 6 nitrogen and oxygen atoms in total. The van der Waals surface area contributed by atoms with Gasteiger partial charge in [0.05, 0.1) is 24.7 Å². The maximum absolute atomic E-state index is 11.4. The Morgan fingerprint density at radius 2 is 2.22 bits per heavy atom. The van der Waals surface area contributed by atoms with Gasteiger partial charge in [0.1, 0.15) is 5.76 Å². The number of hydroxylamine groups is 1. The van der Waals surface area contributed by atoms with Crippen molar-refractivity contribution in [2.75, 3.05) is 26.1 Å². The number of hydrogen-bond donors (Lipinski definition) is 1. The molecule has 0 fully saturated rings. The summed E-state index contributed by atoms with van der Waals surface area (Å²) in [5.74, 6) is 1.67. The highest BCUT2D eigenvalue weighted by molar-refractivity contribution is 7.99. The number of carbonyl (C=O) groups excluding carboxylic acids is 1. The zero-order valence-corrected chi connectivity index (χ0v) is 11.6. The van der Waals surface area contributed by atoms with E-state index in [-0.39, 0.29) is 5.91 Å². The first-order valence-electron chi connectivity index (χ1n) is 5.54. The SMILES string of the molecule is COCCONC(=O)CSCc1c(C)noc1C. The molecular weight excluding hydrogens is 256 g/mol. The molecule has 0 radical (unpaired) electrons. The number of methoxy groups -OCH3 is 1. The normalized spacial score (nSPS) is 10.6. The van der Waals surface area contributed by atoms with Crippen LogP contribution in [0.15, 0.2) is 4.52 Å². The third-order valence-corrected chi connectivity index (χ3v) is 3.20. The van der Waals surface area contributed by atoms with E-state index >= 15 is 0 Å². The second-order valence-corrected chi connectivity index (χ2v) is 4.65. The Morgan fingerprint density at radius 1 is 1.44 bits per heavy atom. The molecule has 0 aliphatic heterocycles. The maximum Gasteiger partial charge on any atom is 0.253 e. The number of carbonyl (C=O) groups is 1. The van der Waals surface area contributed by atoms with Crippen LogP contribution in [0.25, 0.3) is 0 Å². The largest absolute Gasteiger partial charge is 0.382 e. The van der Waals surface area contributed by atoms with Gasteiger partial charge >= 0.3 is 0 Å². The van der Waals surface area contributed by atoms with Crippen LogP contribution in [-0.2, 0) is 20.1 Å². The van der Waals surface area contributed by atoms with Crippen LogP contribution in [0.3, 0.4) is 0 Å². The second-order valence-electron chi connectivity index (χ2n) is 3.66. The monoisotopic (exact) mass is 274 g/mol. The highest BCUT2D eigenvalue weighted by Crippen LogP contribution is 2.19. The Morgan fingerprint density at radius 3 is 2.83 bits per heavy atom. The van der Waals surface area contributed by atoms with E-state index in [9.17, 15) is 4.79 Å². The van der Waals surface area contributed by atoms with Crippen molar-refractivity contribution in [3.8, 4) is 0 Å². The van der Waals surface area contributed by atoms with Gasteiger partial charge in [0, 0.05) is 18.4 Å². The van der Waals surface area contributed by atoms with Crippen LogP contribution >= 0.6 is 11.8 Å². The zero-order valence-electron chi connectivity index (χ0n) is 10.8. The fraction of sp³-hybridized carbons (Fsp3) is 0.636. The van der Waals surface area contributed by atoms with Crippen molar-refractivity contribution in [1.29, 1.82) is 0 Å². The molecule has 1 N–H and O–H groups in total. The van der Waals surface area contributed by atoms with E-state index in [1.807, 2.05) is 13.8 Å². The molecule has 1 heterocycles. The minimum atomic E-state index is -0.164. The van der Waals surface area contributed by atoms with Gasteiger partial charge < -0.3 is 9.26 Å². The quantitative estimate of drug-likeness (QED) is 0.567. The van der Waals surface area contributed by atoms with Crippen molar-refractivity contribution in [1.82, 2.24) is 10.6 Å². The van der Waals surface area contributed by atoms with Crippen molar-refractivity contribution < 1.29 is 18.9 Å². The Labute approximate surface area is 110 Å². The lowest BCUT2D eigenvalue weighted by Gasteiger charge is -2.05. The molecule has 0 bridgehead atoms. The summed E-state index contributed by atoms with van der Waals surface area (Å²) in [4.78, 5) is 16.3. The minimum absolute atomic E-state index is 0.164. The molecular formula is C11H18N2O4S. The molecule has 102 valence electrons. The van der Waals surface area contributed by atoms with E-state index in [1.54, 1.807) is 7.11 Å². The topological polar surface area (TPSA) is 73.6 Å². The molecule has 1 aromatic heterocycles. The van der Waals surface area contributed by atoms with E-state index in [0.29, 0.717) is 24.7 Å². The lowest BCUT2D eigenvalue weighted by Crippen LogP contribution is -2.27. The summed E-state index contributed by atoms with van der Waals surface area (Å²) < 4.78 is 9.82. The van der Waals surface area contributed by atoms with Crippen LogP contribution in [0.1, 0.15) is 17.0 Å². The molecule has 18 heavy (non-hydrogen) atoms. The molecule has 0 aliphatic carbocycles. The maximum atomic E-state index is 11.4. The summed E-state index contributed by atoms with van der Waals surface area (Å²) in [6.45, 7) is 4.55. The smallest absolute Gasteiger partial charge is 0.253 e. The molecule has 1 rings (SSSR count). The van der Waals surface area contributed by atoms with Gasteiger partial charge in [-0.25, -0.2) is 5.48 Å². The van der Waals surface area contributed by atoms with E-state index in [1.165, 1.54) is 11.8 Å². The predicted octanol–water partition coefficient (Wildman–Crippen LogP) is 1.22. The Hall–Kier alpha value is -1.05. The van der Waals surface area contributed by atoms with Gasteiger partial charge in [0.25, 0.3) is 5.91 Å². The van der Waals surface area contributed by atoms with Crippen LogP contribution in [0.5, 0.6) is 0 Å². The van der Waals surface area contributed by atoms with Crippen LogP contribution < -0.4 is 5.48 Å². The fourth-order valence-electron chi connectivity index (χ4n) is 1.24. The van der Waals surface area contributed by atoms with Crippen LogP contribution in [0.4, 0.5) is 0 Å². The summed E-state index contributed by atoms with van der Waals surface area (Å²) >= 11 is 1.49. The summed E-state index contributed by atoms with van der Waals surface area (Å²) in [7, 11) is 1.57. The van der Waals surface area contributed by atoms with Gasteiger partial charge in [-0.05, 0) is 13.8 Å². The minimum Gasteiger partial charge on any atom is -0.382 e. The van der Waals surface area contributed by atoms with Gasteiger partial charge in [0.2, 0.25) is 0 Å². The molecule has 1 aromatic rings. The Bertz CT molecular complexity index is 362. The van der Waals surface area contributed by atoms with Crippen molar-refractivity contribution >= 4 is 17.7 Å². The highest BCUT2D eigenvalue weighted by Gasteiger charge is 2.09. The van der Waals surface area contributed by atoms with E-state index in [0.717, 1.165) is 17.0 Å². The summed E-state index contributed by atoms with van der Waals surface area (Å²) in [6.07, 6.45) is 0. The Balaban J connectivity index is 2.16. The van der Waals surface area contributed by atoms with E-state index in [4.69, 9.17) is 14.1 Å². The molecule has 0 saturated heterocycles. The Kier molecular flexibility index (Phi) is 6.77. The fourth-order valence-corrected chi connectivity index (χ4v) is 2.20. The third-order valence-electron chi connectivity index (χ3n) is 2.24. The average molecular weight is 274 g/mol. The number of aryl methyl sites for hydroxylation is 2. The molecule has 0 atom stereocenters. The van der Waals surface area contributed by atoms with Crippen molar-refractivity contribution in [3.63, 3.8) is 0 Å². The van der Waals surface area contributed by atoms with Gasteiger partial charge in [-0.3, -0.25) is 9.63 Å². The van der Waals surface area contributed by atoms with Gasteiger partial charge in [-0.1, -0.05) is 5.16 Å². The average Bonchev–Trinajstić information content (AvgIpc) is 2.66. The molecule has 0 aliphatic rings. The molecule has 0 saturated carbocycles. The van der Waals surface area contributed by atoms with Crippen molar-refractivity contribution in [2.45, 2.75) is 19.6 Å². The highest BCUT2D eigenvalue weighted by atomic mass is 32.2. The lowest BCUT2D eigenvalue weighted by atomic mass is 10.2. The zero-order chi connectivity index (χ0) is 13.4. The standard InChI is InChI=1S/C11H18N2O4S/c1-8-10(9(2)17-12-8)6-18-7-11(14)13-16-5-4-15-3/h4-7H2,1-3H3,(H,13,14). The number of ether oxygens (including phenoxy) is 1. The number of aromatic nitrogens is 1. The van der Waals surface area contributed by atoms with Crippen LogP contribution in [0, 0.1) is 13.8 Å². The van der Waals surface area contributed by atoms with Gasteiger partial charge in [0.15, 0.2) is 0 Å². The van der Waals surface area contributed by atoms with Gasteiger partial charge in [-0.2, -0.15) is 0 Å². The third kappa shape index (κ3) is 5.07. The molecule has 0 spiro atoms. The number of rotatable bonds is 8. The van der Waals surface area contributed by atoms with Crippen LogP contribution in [0.2, 0.25) is 0 Å². The second kappa shape index (κ2) is 8.12. The number of thioether (sulfide) groups is 1. The van der Waals surface area contributed by atoms with Crippen molar-refractivity contribution in [3.05, 3.63) is 17.0 Å². The molecule has 1 amide bonds. The first-order valence-corrected chi connectivity index (χ1v) is 6.69. The molecule has 0 aromatic carbocycles. The summed E-state index contributed by atoms with van der Waals surface area (Å²) in [5, 5.41) is 3.86. The van der Waals surface area contributed by atoms with Crippen LogP contribution in [-0.4, -0.2) is 37.1 Å². The first-order chi connectivity index (χ1) is 8.65.